The lowest BCUT2D eigenvalue weighted by Crippen LogP contribution is -2.28. The standard InChI is InChI=1S/C19H19F2NO4/c1-3-25-19(23)17-9-15(13-6-4-11(20)8-16(13)21)14-7-5-12(10-24-2)26-18(14)22-17/h4,6,8-9,12H,3,5,7,10H2,1-2H3/t12-/m1/s1. The van der Waals surface area contributed by atoms with Gasteiger partial charge in [-0.3, -0.25) is 0 Å². The molecule has 3 rings (SSSR count). The summed E-state index contributed by atoms with van der Waals surface area (Å²) in [6.07, 6.45) is 1.03. The number of esters is 1. The van der Waals surface area contributed by atoms with Gasteiger partial charge in [0.15, 0.2) is 5.69 Å². The van der Waals surface area contributed by atoms with Crippen molar-refractivity contribution in [2.24, 2.45) is 0 Å². The Morgan fingerprint density at radius 1 is 1.31 bits per heavy atom. The van der Waals surface area contributed by atoms with E-state index in [4.69, 9.17) is 14.2 Å². The molecule has 138 valence electrons. The first-order valence-corrected chi connectivity index (χ1v) is 8.35. The van der Waals surface area contributed by atoms with Crippen LogP contribution in [0.2, 0.25) is 0 Å². The fourth-order valence-corrected chi connectivity index (χ4v) is 2.97. The average molecular weight is 363 g/mol. The minimum Gasteiger partial charge on any atom is -0.472 e. The molecule has 7 heteroatoms. The van der Waals surface area contributed by atoms with E-state index >= 15 is 0 Å². The maximum Gasteiger partial charge on any atom is 0.357 e. The predicted molar refractivity (Wildman–Crippen MR) is 90.2 cm³/mol. The van der Waals surface area contributed by atoms with Crippen molar-refractivity contribution in [3.8, 4) is 17.0 Å². The number of aromatic nitrogens is 1. The Kier molecular flexibility index (Phi) is 5.46. The third kappa shape index (κ3) is 3.67. The number of nitrogens with zero attached hydrogens (tertiary/aromatic N) is 1. The Hall–Kier alpha value is -2.54. The van der Waals surface area contributed by atoms with Crippen LogP contribution in [0.15, 0.2) is 24.3 Å². The second-order valence-corrected chi connectivity index (χ2v) is 5.92. The van der Waals surface area contributed by atoms with Crippen LogP contribution >= 0.6 is 0 Å². The summed E-state index contributed by atoms with van der Waals surface area (Å²) in [7, 11) is 1.57. The number of hydrogen-bond acceptors (Lipinski definition) is 5. The lowest BCUT2D eigenvalue weighted by Gasteiger charge is -2.27. The molecule has 1 aromatic heterocycles. The second-order valence-electron chi connectivity index (χ2n) is 5.92. The Morgan fingerprint density at radius 2 is 2.12 bits per heavy atom. The summed E-state index contributed by atoms with van der Waals surface area (Å²) in [4.78, 5) is 16.4. The second kappa shape index (κ2) is 7.78. The number of rotatable bonds is 5. The first-order valence-electron chi connectivity index (χ1n) is 8.35. The third-order valence-corrected chi connectivity index (χ3v) is 4.14. The fraction of sp³-hybridized carbons (Fsp3) is 0.368. The van der Waals surface area contributed by atoms with Crippen molar-refractivity contribution in [1.82, 2.24) is 4.98 Å². The van der Waals surface area contributed by atoms with Crippen LogP contribution in [0.1, 0.15) is 29.4 Å². The summed E-state index contributed by atoms with van der Waals surface area (Å²) in [6.45, 7) is 2.25. The van der Waals surface area contributed by atoms with E-state index < -0.39 is 17.6 Å². The molecule has 0 aliphatic carbocycles. The molecular formula is C19H19F2NO4. The van der Waals surface area contributed by atoms with Crippen molar-refractivity contribution in [2.45, 2.75) is 25.9 Å². The molecule has 2 aromatic rings. The number of hydrogen-bond donors (Lipinski definition) is 0. The Morgan fingerprint density at radius 3 is 2.81 bits per heavy atom. The van der Waals surface area contributed by atoms with Gasteiger partial charge in [-0.15, -0.1) is 0 Å². The lowest BCUT2D eigenvalue weighted by molar-refractivity contribution is 0.0506. The predicted octanol–water partition coefficient (Wildman–Crippen LogP) is 3.54. The first kappa shape index (κ1) is 18.3. The number of ether oxygens (including phenoxy) is 3. The summed E-state index contributed by atoms with van der Waals surface area (Å²) >= 11 is 0. The van der Waals surface area contributed by atoms with Crippen LogP contribution in [0.4, 0.5) is 8.78 Å². The molecule has 1 aliphatic rings. The maximum absolute atomic E-state index is 14.3. The molecule has 2 heterocycles. The van der Waals surface area contributed by atoms with Crippen LogP contribution in [0, 0.1) is 11.6 Å². The molecule has 0 radical (unpaired) electrons. The lowest BCUT2D eigenvalue weighted by atomic mass is 9.94. The van der Waals surface area contributed by atoms with E-state index in [9.17, 15) is 13.6 Å². The number of benzene rings is 1. The van der Waals surface area contributed by atoms with E-state index in [1.165, 1.54) is 18.2 Å². The molecule has 0 amide bonds. The summed E-state index contributed by atoms with van der Waals surface area (Å²) in [6, 6.07) is 4.79. The topological polar surface area (TPSA) is 57.7 Å². The molecule has 0 N–H and O–H groups in total. The zero-order valence-corrected chi connectivity index (χ0v) is 14.6. The van der Waals surface area contributed by atoms with Crippen LogP contribution in [-0.4, -0.2) is 37.4 Å². The molecule has 0 saturated heterocycles. The normalized spacial score (nSPS) is 15.9. The van der Waals surface area contributed by atoms with Crippen LogP contribution in [0.5, 0.6) is 5.88 Å². The molecule has 0 saturated carbocycles. The highest BCUT2D eigenvalue weighted by Gasteiger charge is 2.27. The molecule has 0 unspecified atom stereocenters. The van der Waals surface area contributed by atoms with E-state index in [1.54, 1.807) is 14.0 Å². The fourth-order valence-electron chi connectivity index (χ4n) is 2.97. The summed E-state index contributed by atoms with van der Waals surface area (Å²) in [5, 5.41) is 0. The van der Waals surface area contributed by atoms with E-state index in [2.05, 4.69) is 4.98 Å². The number of carbonyl (C=O) groups is 1. The van der Waals surface area contributed by atoms with Gasteiger partial charge in [0.25, 0.3) is 0 Å². The number of fused-ring (bicyclic) bond motifs is 1. The van der Waals surface area contributed by atoms with E-state index in [1.807, 2.05) is 0 Å². The Labute approximate surface area is 149 Å². The third-order valence-electron chi connectivity index (χ3n) is 4.14. The van der Waals surface area contributed by atoms with Crippen LogP contribution in [-0.2, 0) is 15.9 Å². The highest BCUT2D eigenvalue weighted by atomic mass is 19.1. The molecule has 1 aliphatic heterocycles. The minimum absolute atomic E-state index is 0.0161. The zero-order chi connectivity index (χ0) is 18.7. The number of pyridine rings is 1. The first-order chi connectivity index (χ1) is 12.5. The van der Waals surface area contributed by atoms with Crippen LogP contribution in [0.25, 0.3) is 11.1 Å². The number of methoxy groups -OCH3 is 1. The molecule has 0 fully saturated rings. The largest absolute Gasteiger partial charge is 0.472 e. The molecule has 1 atom stereocenters. The number of carbonyl (C=O) groups excluding carboxylic acids is 1. The van der Waals surface area contributed by atoms with Gasteiger partial charge < -0.3 is 14.2 Å². The van der Waals surface area contributed by atoms with E-state index in [-0.39, 0.29) is 29.8 Å². The number of halogens is 2. The van der Waals surface area contributed by atoms with Gasteiger partial charge >= 0.3 is 5.97 Å². The van der Waals surface area contributed by atoms with E-state index in [0.29, 0.717) is 30.6 Å². The molecule has 5 nitrogen and oxygen atoms in total. The maximum atomic E-state index is 14.3. The van der Waals surface area contributed by atoms with Crippen molar-refractivity contribution in [1.29, 1.82) is 0 Å². The Bertz CT molecular complexity index is 825. The van der Waals surface area contributed by atoms with Crippen LogP contribution < -0.4 is 4.74 Å². The van der Waals surface area contributed by atoms with Crippen molar-refractivity contribution in [3.63, 3.8) is 0 Å². The van der Waals surface area contributed by atoms with Gasteiger partial charge in [-0.2, -0.15) is 0 Å². The van der Waals surface area contributed by atoms with Gasteiger partial charge in [-0.05, 0) is 43.5 Å². The van der Waals surface area contributed by atoms with Crippen molar-refractivity contribution < 1.29 is 27.8 Å². The molecule has 0 bridgehead atoms. The summed E-state index contributed by atoms with van der Waals surface area (Å²) in [5.74, 6) is -1.76. The quantitative estimate of drug-likeness (QED) is 0.761. The van der Waals surface area contributed by atoms with Crippen molar-refractivity contribution in [3.05, 3.63) is 47.2 Å². The smallest absolute Gasteiger partial charge is 0.357 e. The zero-order valence-electron chi connectivity index (χ0n) is 14.6. The van der Waals surface area contributed by atoms with Crippen molar-refractivity contribution >= 4 is 5.97 Å². The van der Waals surface area contributed by atoms with Crippen molar-refractivity contribution in [2.75, 3.05) is 20.3 Å². The highest BCUT2D eigenvalue weighted by Crippen LogP contribution is 2.36. The van der Waals surface area contributed by atoms with Gasteiger partial charge in [0.2, 0.25) is 5.88 Å². The highest BCUT2D eigenvalue weighted by molar-refractivity contribution is 5.90. The Balaban J connectivity index is 2.11. The van der Waals surface area contributed by atoms with Crippen LogP contribution in [0.3, 0.4) is 0 Å². The van der Waals surface area contributed by atoms with Gasteiger partial charge in [-0.1, -0.05) is 0 Å². The monoisotopic (exact) mass is 363 g/mol. The summed E-state index contributed by atoms with van der Waals surface area (Å²) < 4.78 is 43.6. The van der Waals surface area contributed by atoms with E-state index in [0.717, 1.165) is 6.07 Å². The van der Waals surface area contributed by atoms with Gasteiger partial charge in [0, 0.05) is 24.3 Å². The minimum atomic E-state index is -0.716. The molecule has 0 spiro atoms. The molecular weight excluding hydrogens is 344 g/mol. The van der Waals surface area contributed by atoms with Gasteiger partial charge in [0.1, 0.15) is 17.7 Å². The summed E-state index contributed by atoms with van der Waals surface area (Å²) in [5.41, 5.74) is 1.33. The van der Waals surface area contributed by atoms with Gasteiger partial charge in [0.05, 0.1) is 13.2 Å². The average Bonchev–Trinajstić information content (AvgIpc) is 2.61. The SMILES string of the molecule is CCOC(=O)c1cc(-c2ccc(F)cc2F)c2c(n1)O[C@@H](COC)CC2. The molecule has 26 heavy (non-hydrogen) atoms. The molecule has 1 aromatic carbocycles. The van der Waals surface area contributed by atoms with Gasteiger partial charge in [-0.25, -0.2) is 18.6 Å².